The quantitative estimate of drug-likeness (QED) is 0.659. The number of halogens is 1. The molecule has 134 valence electrons. The van der Waals surface area contributed by atoms with E-state index in [1.165, 1.54) is 12.1 Å². The highest BCUT2D eigenvalue weighted by Crippen LogP contribution is 2.22. The maximum atomic E-state index is 12.3. The number of nitrogens with zero attached hydrogens (tertiary/aromatic N) is 2. The fourth-order valence-electron chi connectivity index (χ4n) is 2.14. The summed E-state index contributed by atoms with van der Waals surface area (Å²) in [4.78, 5) is 12.1. The van der Waals surface area contributed by atoms with Crippen molar-refractivity contribution in [3.63, 3.8) is 0 Å². The summed E-state index contributed by atoms with van der Waals surface area (Å²) >= 11 is 3.33. The highest BCUT2D eigenvalue weighted by Gasteiger charge is 2.21. The van der Waals surface area contributed by atoms with Crippen LogP contribution in [0.3, 0.4) is 0 Å². The minimum absolute atomic E-state index is 0.0827. The van der Waals surface area contributed by atoms with Crippen LogP contribution in [-0.2, 0) is 14.6 Å². The molecule has 0 radical (unpaired) electrons. The van der Waals surface area contributed by atoms with Crippen LogP contribution in [0.1, 0.15) is 5.56 Å². The fourth-order valence-corrected chi connectivity index (χ4v) is 3.54. The number of hydrogen-bond acceptors (Lipinski definition) is 6. The van der Waals surface area contributed by atoms with Crippen LogP contribution in [0.4, 0.5) is 6.01 Å². The van der Waals surface area contributed by atoms with Crippen LogP contribution in [-0.4, -0.2) is 30.3 Å². The van der Waals surface area contributed by atoms with Crippen molar-refractivity contribution in [3.05, 3.63) is 58.6 Å². The molecule has 0 atom stereocenters. The van der Waals surface area contributed by atoms with E-state index in [1.54, 1.807) is 24.3 Å². The van der Waals surface area contributed by atoms with Crippen LogP contribution in [0.5, 0.6) is 0 Å². The lowest BCUT2D eigenvalue weighted by molar-refractivity contribution is -0.114. The van der Waals surface area contributed by atoms with E-state index < -0.39 is 21.5 Å². The van der Waals surface area contributed by atoms with Crippen molar-refractivity contribution < 1.29 is 17.6 Å². The van der Waals surface area contributed by atoms with Crippen molar-refractivity contribution >= 4 is 37.7 Å². The summed E-state index contributed by atoms with van der Waals surface area (Å²) in [5.41, 5.74) is 1.60. The molecule has 0 saturated heterocycles. The van der Waals surface area contributed by atoms with Crippen molar-refractivity contribution in [1.29, 1.82) is 0 Å². The predicted octanol–water partition coefficient (Wildman–Crippen LogP) is 3.22. The maximum absolute atomic E-state index is 12.3. The van der Waals surface area contributed by atoms with Gasteiger partial charge in [-0.25, -0.2) is 8.42 Å². The molecule has 3 aromatic rings. The number of hydrogen-bond donors (Lipinski definition) is 1. The summed E-state index contributed by atoms with van der Waals surface area (Å²) in [7, 11) is -3.75. The number of benzene rings is 2. The number of aryl methyl sites for hydroxylation is 1. The molecule has 3 rings (SSSR count). The van der Waals surface area contributed by atoms with Gasteiger partial charge in [-0.05, 0) is 43.3 Å². The third-order valence-corrected chi connectivity index (χ3v) is 5.63. The Hall–Kier alpha value is -2.52. The molecule has 0 aliphatic heterocycles. The summed E-state index contributed by atoms with van der Waals surface area (Å²) in [6.07, 6.45) is 0. The number of sulfone groups is 1. The third kappa shape index (κ3) is 4.36. The van der Waals surface area contributed by atoms with Crippen molar-refractivity contribution in [1.82, 2.24) is 10.2 Å². The minimum atomic E-state index is -3.75. The van der Waals surface area contributed by atoms with Gasteiger partial charge < -0.3 is 4.42 Å². The number of amides is 1. The second-order valence-corrected chi connectivity index (χ2v) is 8.44. The van der Waals surface area contributed by atoms with Gasteiger partial charge in [0, 0.05) is 10.0 Å². The molecular weight excluding hydrogens is 422 g/mol. The number of aromatic nitrogens is 2. The molecule has 9 heteroatoms. The number of carbonyl (C=O) groups excluding carboxylic acids is 1. The van der Waals surface area contributed by atoms with Crippen LogP contribution in [0.2, 0.25) is 0 Å². The van der Waals surface area contributed by atoms with Crippen LogP contribution in [0.15, 0.2) is 62.3 Å². The van der Waals surface area contributed by atoms with Gasteiger partial charge in [-0.15, -0.1) is 5.10 Å². The second-order valence-electron chi connectivity index (χ2n) is 5.54. The van der Waals surface area contributed by atoms with Gasteiger partial charge in [0.2, 0.25) is 11.8 Å². The summed E-state index contributed by atoms with van der Waals surface area (Å²) in [5.74, 6) is -1.25. The lowest BCUT2D eigenvalue weighted by Gasteiger charge is -2.04. The first-order chi connectivity index (χ1) is 12.3. The van der Waals surface area contributed by atoms with E-state index in [-0.39, 0.29) is 16.8 Å². The van der Waals surface area contributed by atoms with Crippen molar-refractivity contribution in [3.8, 4) is 11.5 Å². The van der Waals surface area contributed by atoms with Crippen molar-refractivity contribution in [2.75, 3.05) is 11.1 Å². The average molecular weight is 436 g/mol. The normalized spacial score (nSPS) is 11.3. The zero-order valence-electron chi connectivity index (χ0n) is 13.6. The van der Waals surface area contributed by atoms with Gasteiger partial charge in [-0.1, -0.05) is 38.7 Å². The monoisotopic (exact) mass is 435 g/mol. The Morgan fingerprint density at radius 3 is 2.38 bits per heavy atom. The van der Waals surface area contributed by atoms with E-state index in [4.69, 9.17) is 4.42 Å². The van der Waals surface area contributed by atoms with Crippen LogP contribution < -0.4 is 5.32 Å². The average Bonchev–Trinajstić information content (AvgIpc) is 3.03. The third-order valence-electron chi connectivity index (χ3n) is 3.46. The summed E-state index contributed by atoms with van der Waals surface area (Å²) < 4.78 is 30.8. The molecule has 1 amide bonds. The van der Waals surface area contributed by atoms with Gasteiger partial charge in [0.1, 0.15) is 5.75 Å². The van der Waals surface area contributed by atoms with Crippen molar-refractivity contribution in [2.45, 2.75) is 11.8 Å². The Labute approximate surface area is 158 Å². The molecule has 0 bridgehead atoms. The molecule has 1 aromatic heterocycles. The van der Waals surface area contributed by atoms with Crippen LogP contribution in [0.25, 0.3) is 11.5 Å². The van der Waals surface area contributed by atoms with Crippen molar-refractivity contribution in [2.24, 2.45) is 0 Å². The zero-order valence-corrected chi connectivity index (χ0v) is 16.0. The van der Waals surface area contributed by atoms with E-state index >= 15 is 0 Å². The largest absolute Gasteiger partial charge is 0.403 e. The highest BCUT2D eigenvalue weighted by atomic mass is 79.9. The molecule has 0 fully saturated rings. The van der Waals surface area contributed by atoms with Gasteiger partial charge in [0.05, 0.1) is 4.90 Å². The molecule has 1 N–H and O–H groups in total. The van der Waals surface area contributed by atoms with Gasteiger partial charge in [-0.2, -0.15) is 0 Å². The summed E-state index contributed by atoms with van der Waals surface area (Å²) in [6, 6.07) is 13.3. The van der Waals surface area contributed by atoms with Crippen LogP contribution in [0, 0.1) is 6.92 Å². The Kier molecular flexibility index (Phi) is 5.19. The Bertz CT molecular complexity index is 1030. The molecule has 26 heavy (non-hydrogen) atoms. The molecule has 0 aliphatic carbocycles. The molecule has 7 nitrogen and oxygen atoms in total. The van der Waals surface area contributed by atoms with Gasteiger partial charge in [-0.3, -0.25) is 10.1 Å². The molecule has 0 spiro atoms. The number of anilines is 1. The summed E-state index contributed by atoms with van der Waals surface area (Å²) in [6.45, 7) is 1.85. The second kappa shape index (κ2) is 7.38. The smallest absolute Gasteiger partial charge is 0.322 e. The molecule has 0 aliphatic rings. The standard InChI is InChI=1S/C17H14BrN3O4S/c1-11-2-8-14(9-3-11)26(23,24)10-15(22)19-17-21-20-16(25-17)12-4-6-13(18)7-5-12/h2-9H,10H2,1H3,(H,19,21,22). The molecular formula is C17H14BrN3O4S. The Balaban J connectivity index is 1.68. The van der Waals surface area contributed by atoms with Gasteiger partial charge in [0.15, 0.2) is 9.84 Å². The van der Waals surface area contributed by atoms with E-state index in [1.807, 2.05) is 19.1 Å². The number of nitrogens with one attached hydrogen (secondary N) is 1. The molecule has 2 aromatic carbocycles. The van der Waals surface area contributed by atoms with E-state index in [9.17, 15) is 13.2 Å². The Morgan fingerprint density at radius 1 is 1.08 bits per heavy atom. The fraction of sp³-hybridized carbons (Fsp3) is 0.118. The number of rotatable bonds is 5. The van der Waals surface area contributed by atoms with Gasteiger partial charge >= 0.3 is 6.01 Å². The zero-order chi connectivity index (χ0) is 18.7. The lowest BCUT2D eigenvalue weighted by Crippen LogP contribution is -2.23. The Morgan fingerprint density at radius 2 is 1.73 bits per heavy atom. The van der Waals surface area contributed by atoms with E-state index in [2.05, 4.69) is 31.4 Å². The van der Waals surface area contributed by atoms with Gasteiger partial charge in [0.25, 0.3) is 0 Å². The molecule has 0 saturated carbocycles. The molecule has 1 heterocycles. The topological polar surface area (TPSA) is 102 Å². The highest BCUT2D eigenvalue weighted by molar-refractivity contribution is 9.10. The minimum Gasteiger partial charge on any atom is -0.403 e. The first kappa shape index (κ1) is 18.3. The van der Waals surface area contributed by atoms with Crippen LogP contribution >= 0.6 is 15.9 Å². The summed E-state index contributed by atoms with van der Waals surface area (Å²) in [5, 5.41) is 9.86. The van der Waals surface area contributed by atoms with E-state index in [0.29, 0.717) is 5.56 Å². The maximum Gasteiger partial charge on any atom is 0.322 e. The lowest BCUT2D eigenvalue weighted by atomic mass is 10.2. The first-order valence-corrected chi connectivity index (χ1v) is 9.97. The molecule has 0 unspecified atom stereocenters. The SMILES string of the molecule is Cc1ccc(S(=O)(=O)CC(=O)Nc2nnc(-c3ccc(Br)cc3)o2)cc1. The first-order valence-electron chi connectivity index (χ1n) is 7.52. The number of carbonyl (C=O) groups is 1. The van der Waals surface area contributed by atoms with E-state index in [0.717, 1.165) is 10.0 Å². The predicted molar refractivity (Wildman–Crippen MR) is 99.3 cm³/mol.